The number of nitrogens with zero attached hydrogens (tertiary/aromatic N) is 3. The molecule has 0 aliphatic carbocycles. The van der Waals surface area contributed by atoms with Gasteiger partial charge in [-0.05, 0) is 18.6 Å². The standard InChI is InChI=1S/C12H15Cl2N5/c1-2-6-19-12(9(14)7-17-19)11(18-15)10-8(13)4-3-5-16-10/h3-5,7,11,18H,2,6,15H2,1H3. The van der Waals surface area contributed by atoms with Crippen LogP contribution < -0.4 is 11.3 Å². The van der Waals surface area contributed by atoms with Crippen LogP contribution in [0.25, 0.3) is 0 Å². The lowest BCUT2D eigenvalue weighted by atomic mass is 10.1. The summed E-state index contributed by atoms with van der Waals surface area (Å²) in [7, 11) is 0. The highest BCUT2D eigenvalue weighted by molar-refractivity contribution is 6.32. The number of aromatic nitrogens is 3. The first kappa shape index (κ1) is 14.3. The average Bonchev–Trinajstić information content (AvgIpc) is 2.75. The van der Waals surface area contributed by atoms with Crippen LogP contribution in [0, 0.1) is 0 Å². The summed E-state index contributed by atoms with van der Waals surface area (Å²) >= 11 is 12.4. The highest BCUT2D eigenvalue weighted by Gasteiger charge is 2.23. The number of hydrogen-bond acceptors (Lipinski definition) is 4. The molecule has 2 rings (SSSR count). The number of rotatable bonds is 5. The number of hydrogen-bond donors (Lipinski definition) is 2. The highest BCUT2D eigenvalue weighted by atomic mass is 35.5. The van der Waals surface area contributed by atoms with Crippen molar-refractivity contribution in [3.63, 3.8) is 0 Å². The molecule has 0 radical (unpaired) electrons. The van der Waals surface area contributed by atoms with E-state index in [1.807, 2.05) is 4.68 Å². The van der Waals surface area contributed by atoms with Crippen molar-refractivity contribution in [2.75, 3.05) is 0 Å². The fourth-order valence-electron chi connectivity index (χ4n) is 1.95. The van der Waals surface area contributed by atoms with Gasteiger partial charge in [0.25, 0.3) is 0 Å². The van der Waals surface area contributed by atoms with Crippen LogP contribution in [-0.2, 0) is 6.54 Å². The van der Waals surface area contributed by atoms with Gasteiger partial charge in [0, 0.05) is 12.7 Å². The van der Waals surface area contributed by atoms with Crippen LogP contribution >= 0.6 is 23.2 Å². The van der Waals surface area contributed by atoms with Gasteiger partial charge in [0.05, 0.1) is 27.6 Å². The maximum Gasteiger partial charge on any atom is 0.108 e. The van der Waals surface area contributed by atoms with Gasteiger partial charge in [-0.1, -0.05) is 30.1 Å². The van der Waals surface area contributed by atoms with E-state index in [1.165, 1.54) is 0 Å². The predicted octanol–water partition coefficient (Wildman–Crippen LogP) is 2.55. The molecule has 2 aromatic heterocycles. The molecule has 2 heterocycles. The molecule has 1 atom stereocenters. The molecule has 102 valence electrons. The van der Waals surface area contributed by atoms with Gasteiger partial charge in [-0.25, -0.2) is 5.43 Å². The fourth-order valence-corrected chi connectivity index (χ4v) is 2.43. The maximum atomic E-state index is 6.21. The normalized spacial score (nSPS) is 12.6. The van der Waals surface area contributed by atoms with Crippen LogP contribution in [0.2, 0.25) is 10.0 Å². The molecule has 5 nitrogen and oxygen atoms in total. The SMILES string of the molecule is CCCn1ncc(Cl)c1C(NN)c1ncccc1Cl. The lowest BCUT2D eigenvalue weighted by molar-refractivity contribution is 0.515. The molecule has 19 heavy (non-hydrogen) atoms. The summed E-state index contributed by atoms with van der Waals surface area (Å²) in [5.74, 6) is 5.65. The van der Waals surface area contributed by atoms with E-state index < -0.39 is 6.04 Å². The average molecular weight is 300 g/mol. The molecule has 0 bridgehead atoms. The molecule has 1 unspecified atom stereocenters. The minimum Gasteiger partial charge on any atom is -0.270 e. The molecule has 0 aromatic carbocycles. The van der Waals surface area contributed by atoms with E-state index in [2.05, 4.69) is 22.4 Å². The molecule has 0 aliphatic heterocycles. The molecule has 0 saturated heterocycles. The highest BCUT2D eigenvalue weighted by Crippen LogP contribution is 2.30. The number of nitrogens with two attached hydrogens (primary N) is 1. The van der Waals surface area contributed by atoms with E-state index in [4.69, 9.17) is 29.0 Å². The van der Waals surface area contributed by atoms with Gasteiger partial charge in [-0.2, -0.15) is 5.10 Å². The van der Waals surface area contributed by atoms with E-state index in [0.717, 1.165) is 18.7 Å². The summed E-state index contributed by atoms with van der Waals surface area (Å²) in [5, 5.41) is 5.32. The number of hydrazine groups is 1. The van der Waals surface area contributed by atoms with Crippen LogP contribution in [-0.4, -0.2) is 14.8 Å². The van der Waals surface area contributed by atoms with Gasteiger partial charge >= 0.3 is 0 Å². The summed E-state index contributed by atoms with van der Waals surface area (Å²) in [6.45, 7) is 2.82. The lowest BCUT2D eigenvalue weighted by Gasteiger charge is -2.18. The summed E-state index contributed by atoms with van der Waals surface area (Å²) < 4.78 is 1.82. The third kappa shape index (κ3) is 2.90. The molecule has 3 N–H and O–H groups in total. The Morgan fingerprint density at radius 3 is 2.84 bits per heavy atom. The Morgan fingerprint density at radius 1 is 1.42 bits per heavy atom. The second kappa shape index (κ2) is 6.34. The molecule has 0 amide bonds. The Morgan fingerprint density at radius 2 is 2.21 bits per heavy atom. The van der Waals surface area contributed by atoms with Crippen molar-refractivity contribution in [3.05, 3.63) is 46.0 Å². The smallest absolute Gasteiger partial charge is 0.108 e. The van der Waals surface area contributed by atoms with E-state index in [1.54, 1.807) is 24.5 Å². The van der Waals surface area contributed by atoms with Gasteiger partial charge in [-0.3, -0.25) is 15.5 Å². The lowest BCUT2D eigenvalue weighted by Crippen LogP contribution is -2.32. The van der Waals surface area contributed by atoms with Crippen molar-refractivity contribution in [1.82, 2.24) is 20.2 Å². The second-order valence-corrected chi connectivity index (χ2v) is 4.89. The number of halogens is 2. The quantitative estimate of drug-likeness (QED) is 0.657. The summed E-state index contributed by atoms with van der Waals surface area (Å²) in [5.41, 5.74) is 4.11. The number of aryl methyl sites for hydroxylation is 1. The van der Waals surface area contributed by atoms with Gasteiger partial charge in [0.1, 0.15) is 6.04 Å². The topological polar surface area (TPSA) is 68.8 Å². The van der Waals surface area contributed by atoms with Crippen LogP contribution in [0.1, 0.15) is 30.8 Å². The van der Waals surface area contributed by atoms with Gasteiger partial charge in [-0.15, -0.1) is 0 Å². The Kier molecular flexibility index (Phi) is 4.76. The molecule has 0 saturated carbocycles. The molecule has 0 spiro atoms. The Hall–Kier alpha value is -1.14. The minimum absolute atomic E-state index is 0.393. The first-order chi connectivity index (χ1) is 9.19. The van der Waals surface area contributed by atoms with E-state index in [0.29, 0.717) is 15.7 Å². The zero-order chi connectivity index (χ0) is 13.8. The Balaban J connectivity index is 2.48. The molecular formula is C12H15Cl2N5. The molecule has 7 heteroatoms. The van der Waals surface area contributed by atoms with Crippen molar-refractivity contribution >= 4 is 23.2 Å². The van der Waals surface area contributed by atoms with Gasteiger partial charge < -0.3 is 0 Å². The van der Waals surface area contributed by atoms with Crippen molar-refractivity contribution < 1.29 is 0 Å². The summed E-state index contributed by atoms with van der Waals surface area (Å²) in [6, 6.07) is 3.14. The Labute approximate surface area is 121 Å². The number of pyridine rings is 1. The largest absolute Gasteiger partial charge is 0.270 e. The van der Waals surface area contributed by atoms with Crippen LogP contribution in [0.4, 0.5) is 0 Å². The summed E-state index contributed by atoms with van der Waals surface area (Å²) in [4.78, 5) is 4.27. The van der Waals surface area contributed by atoms with E-state index >= 15 is 0 Å². The first-order valence-electron chi connectivity index (χ1n) is 5.96. The second-order valence-electron chi connectivity index (χ2n) is 4.07. The van der Waals surface area contributed by atoms with E-state index in [-0.39, 0.29) is 0 Å². The van der Waals surface area contributed by atoms with Crippen molar-refractivity contribution in [2.24, 2.45) is 5.84 Å². The Bertz CT molecular complexity index is 555. The fraction of sp³-hybridized carbons (Fsp3) is 0.333. The molecule has 2 aromatic rings. The van der Waals surface area contributed by atoms with Crippen LogP contribution in [0.15, 0.2) is 24.5 Å². The third-order valence-electron chi connectivity index (χ3n) is 2.77. The minimum atomic E-state index is -0.393. The third-order valence-corrected chi connectivity index (χ3v) is 3.38. The van der Waals surface area contributed by atoms with Crippen molar-refractivity contribution in [2.45, 2.75) is 25.9 Å². The van der Waals surface area contributed by atoms with E-state index in [9.17, 15) is 0 Å². The zero-order valence-electron chi connectivity index (χ0n) is 10.5. The maximum absolute atomic E-state index is 6.21. The molecule has 0 fully saturated rings. The van der Waals surface area contributed by atoms with Gasteiger partial charge in [0.2, 0.25) is 0 Å². The first-order valence-corrected chi connectivity index (χ1v) is 6.72. The zero-order valence-corrected chi connectivity index (χ0v) is 12.0. The molecular weight excluding hydrogens is 285 g/mol. The molecule has 0 aliphatic rings. The van der Waals surface area contributed by atoms with Crippen molar-refractivity contribution in [1.29, 1.82) is 0 Å². The van der Waals surface area contributed by atoms with Crippen molar-refractivity contribution in [3.8, 4) is 0 Å². The summed E-state index contributed by atoms with van der Waals surface area (Å²) in [6.07, 6.45) is 4.21. The van der Waals surface area contributed by atoms with Gasteiger partial charge in [0.15, 0.2) is 0 Å². The number of nitrogens with one attached hydrogen (secondary N) is 1. The predicted molar refractivity (Wildman–Crippen MR) is 75.9 cm³/mol. The van der Waals surface area contributed by atoms with Crippen LogP contribution in [0.3, 0.4) is 0 Å². The monoisotopic (exact) mass is 299 g/mol. The van der Waals surface area contributed by atoms with Crippen LogP contribution in [0.5, 0.6) is 0 Å².